The molecule has 0 aromatic carbocycles. The molecule has 21 heavy (non-hydrogen) atoms. The number of hydrogen-bond donors (Lipinski definition) is 0. The molecular weight excluding hydrogens is 266 g/mol. The maximum absolute atomic E-state index is 12.0. The Morgan fingerprint density at radius 3 is 2.62 bits per heavy atom. The number of rotatable bonds is 8. The molecule has 2 atom stereocenters. The van der Waals surface area contributed by atoms with E-state index in [4.69, 9.17) is 4.74 Å². The molecule has 1 fully saturated rings. The summed E-state index contributed by atoms with van der Waals surface area (Å²) in [4.78, 5) is 13.9. The number of unbranched alkanes of at least 4 members (excludes halogenated alkanes) is 5. The van der Waals surface area contributed by atoms with E-state index in [1.165, 1.54) is 32.1 Å². The number of carbonyl (C=O) groups excluding carboxylic acids is 1. The van der Waals surface area contributed by atoms with Gasteiger partial charge in [0.15, 0.2) is 6.10 Å². The number of aryl methyl sites for hydroxylation is 1. The fourth-order valence-electron chi connectivity index (χ4n) is 2.93. The van der Waals surface area contributed by atoms with Crippen molar-refractivity contribution in [2.45, 2.75) is 64.5 Å². The molecule has 1 aromatic rings. The molecule has 2 rings (SSSR count). The van der Waals surface area contributed by atoms with Crippen LogP contribution >= 0.6 is 0 Å². The van der Waals surface area contributed by atoms with Gasteiger partial charge in [-0.2, -0.15) is 5.10 Å². The molecule has 1 aliphatic rings. The average Bonchev–Trinajstić information content (AvgIpc) is 2.99. The fourth-order valence-corrected chi connectivity index (χ4v) is 2.93. The molecule has 2 heterocycles. The van der Waals surface area contributed by atoms with Crippen LogP contribution in [0, 0.1) is 0 Å². The van der Waals surface area contributed by atoms with Gasteiger partial charge in [0.2, 0.25) is 0 Å². The van der Waals surface area contributed by atoms with Crippen LogP contribution in [0.2, 0.25) is 0 Å². The lowest BCUT2D eigenvalue weighted by Crippen LogP contribution is -2.33. The van der Waals surface area contributed by atoms with Crippen molar-refractivity contribution < 1.29 is 9.53 Å². The summed E-state index contributed by atoms with van der Waals surface area (Å²) in [6.45, 7) is 5.07. The molecule has 0 spiro atoms. The summed E-state index contributed by atoms with van der Waals surface area (Å²) in [7, 11) is 1.88. The smallest absolute Gasteiger partial charge is 0.410 e. The molecule has 118 valence electrons. The van der Waals surface area contributed by atoms with E-state index in [1.807, 2.05) is 18.0 Å². The van der Waals surface area contributed by atoms with Crippen LogP contribution in [-0.2, 0) is 11.8 Å². The lowest BCUT2D eigenvalue weighted by molar-refractivity contribution is 0.126. The van der Waals surface area contributed by atoms with Crippen molar-refractivity contribution in [1.29, 1.82) is 0 Å². The quantitative estimate of drug-likeness (QED) is 0.687. The number of nitrogens with zero attached hydrogens (tertiary/aromatic N) is 3. The highest BCUT2D eigenvalue weighted by Crippen LogP contribution is 2.32. The molecule has 1 aliphatic heterocycles. The first-order valence-electron chi connectivity index (χ1n) is 8.10. The second-order valence-electron chi connectivity index (χ2n) is 5.89. The first kappa shape index (κ1) is 15.9. The largest absolute Gasteiger partial charge is 0.437 e. The molecule has 0 unspecified atom stereocenters. The standard InChI is InChI=1S/C16H27N3O2/c1-4-5-6-7-8-9-12-19-13(2)15(21-16(19)20)14-10-11-17-18(14)3/h10-11,13,15H,4-9,12H2,1-3H3/t13-,15-/m0/s1. The molecule has 0 radical (unpaired) electrons. The van der Waals surface area contributed by atoms with Crippen molar-refractivity contribution >= 4 is 6.09 Å². The number of hydrogen-bond acceptors (Lipinski definition) is 3. The van der Waals surface area contributed by atoms with Crippen LogP contribution in [0.1, 0.15) is 64.2 Å². The Bertz CT molecular complexity index is 458. The van der Waals surface area contributed by atoms with Gasteiger partial charge >= 0.3 is 6.09 Å². The maximum atomic E-state index is 12.0. The minimum atomic E-state index is -0.204. The second-order valence-corrected chi connectivity index (χ2v) is 5.89. The maximum Gasteiger partial charge on any atom is 0.410 e. The van der Waals surface area contributed by atoms with Gasteiger partial charge in [0.05, 0.1) is 11.7 Å². The van der Waals surface area contributed by atoms with Crippen LogP contribution in [0.15, 0.2) is 12.3 Å². The zero-order valence-corrected chi connectivity index (χ0v) is 13.4. The van der Waals surface area contributed by atoms with E-state index in [9.17, 15) is 4.79 Å². The van der Waals surface area contributed by atoms with Crippen LogP contribution < -0.4 is 0 Å². The Balaban J connectivity index is 1.82. The predicted molar refractivity (Wildman–Crippen MR) is 82.0 cm³/mol. The summed E-state index contributed by atoms with van der Waals surface area (Å²) in [6.07, 6.45) is 8.73. The number of aromatic nitrogens is 2. The third-order valence-corrected chi connectivity index (χ3v) is 4.29. The molecule has 0 N–H and O–H groups in total. The zero-order valence-electron chi connectivity index (χ0n) is 13.4. The molecule has 0 saturated carbocycles. The number of cyclic esters (lactones) is 1. The summed E-state index contributed by atoms with van der Waals surface area (Å²) in [5.41, 5.74) is 0.960. The number of amides is 1. The highest BCUT2D eigenvalue weighted by molar-refractivity contribution is 5.70. The Morgan fingerprint density at radius 2 is 1.95 bits per heavy atom. The molecule has 0 bridgehead atoms. The average molecular weight is 293 g/mol. The van der Waals surface area contributed by atoms with Crippen LogP contribution in [0.5, 0.6) is 0 Å². The van der Waals surface area contributed by atoms with Gasteiger partial charge in [0.25, 0.3) is 0 Å². The van der Waals surface area contributed by atoms with Gasteiger partial charge in [0, 0.05) is 19.8 Å². The molecule has 5 nitrogen and oxygen atoms in total. The zero-order chi connectivity index (χ0) is 15.2. The van der Waals surface area contributed by atoms with Gasteiger partial charge in [-0.15, -0.1) is 0 Å². The first-order chi connectivity index (χ1) is 10.1. The third kappa shape index (κ3) is 3.77. The van der Waals surface area contributed by atoms with Gasteiger partial charge in [0.1, 0.15) is 0 Å². The minimum absolute atomic E-state index is 0.0727. The van der Waals surface area contributed by atoms with Crippen molar-refractivity contribution in [3.05, 3.63) is 18.0 Å². The first-order valence-corrected chi connectivity index (χ1v) is 8.10. The van der Waals surface area contributed by atoms with E-state index in [2.05, 4.69) is 18.9 Å². The SMILES string of the molecule is CCCCCCCCN1C(=O)O[C@H](c2ccnn2C)[C@@H]1C. The van der Waals surface area contributed by atoms with E-state index in [0.29, 0.717) is 0 Å². The van der Waals surface area contributed by atoms with Crippen molar-refractivity contribution in [1.82, 2.24) is 14.7 Å². The summed E-state index contributed by atoms with van der Waals surface area (Å²) in [6, 6.07) is 1.99. The monoisotopic (exact) mass is 293 g/mol. The lowest BCUT2D eigenvalue weighted by Gasteiger charge is -2.20. The van der Waals surface area contributed by atoms with Crippen LogP contribution in [-0.4, -0.2) is 33.4 Å². The van der Waals surface area contributed by atoms with Gasteiger partial charge in [-0.3, -0.25) is 4.68 Å². The van der Waals surface area contributed by atoms with Gasteiger partial charge in [-0.05, 0) is 19.4 Å². The van der Waals surface area contributed by atoms with Gasteiger partial charge < -0.3 is 9.64 Å². The number of carbonyl (C=O) groups is 1. The lowest BCUT2D eigenvalue weighted by atomic mass is 10.1. The summed E-state index contributed by atoms with van der Waals surface area (Å²) in [5.74, 6) is 0. The van der Waals surface area contributed by atoms with E-state index < -0.39 is 0 Å². The minimum Gasteiger partial charge on any atom is -0.437 e. The molecule has 5 heteroatoms. The molecule has 0 aliphatic carbocycles. The summed E-state index contributed by atoms with van der Waals surface area (Å²) in [5, 5.41) is 4.16. The van der Waals surface area contributed by atoms with E-state index in [0.717, 1.165) is 18.7 Å². The topological polar surface area (TPSA) is 47.4 Å². The van der Waals surface area contributed by atoms with E-state index in [1.54, 1.807) is 10.9 Å². The van der Waals surface area contributed by atoms with E-state index in [-0.39, 0.29) is 18.2 Å². The Morgan fingerprint density at radius 1 is 1.24 bits per heavy atom. The van der Waals surface area contributed by atoms with Crippen LogP contribution in [0.25, 0.3) is 0 Å². The fraction of sp³-hybridized carbons (Fsp3) is 0.750. The Labute approximate surface area is 127 Å². The van der Waals surface area contributed by atoms with Crippen molar-refractivity contribution in [3.8, 4) is 0 Å². The second kappa shape index (κ2) is 7.48. The van der Waals surface area contributed by atoms with Crippen LogP contribution in [0.3, 0.4) is 0 Å². The van der Waals surface area contributed by atoms with Gasteiger partial charge in [-0.1, -0.05) is 39.0 Å². The van der Waals surface area contributed by atoms with Crippen molar-refractivity contribution in [2.75, 3.05) is 6.54 Å². The summed E-state index contributed by atoms with van der Waals surface area (Å²) >= 11 is 0. The number of ether oxygens (including phenoxy) is 1. The third-order valence-electron chi connectivity index (χ3n) is 4.29. The van der Waals surface area contributed by atoms with Crippen molar-refractivity contribution in [3.63, 3.8) is 0 Å². The Hall–Kier alpha value is -1.52. The highest BCUT2D eigenvalue weighted by atomic mass is 16.6. The normalized spacial score (nSPS) is 21.9. The van der Waals surface area contributed by atoms with Gasteiger partial charge in [-0.25, -0.2) is 4.79 Å². The summed E-state index contributed by atoms with van der Waals surface area (Å²) < 4.78 is 7.31. The molecule has 1 amide bonds. The Kier molecular flexibility index (Phi) is 5.65. The molecular formula is C16H27N3O2. The van der Waals surface area contributed by atoms with Crippen molar-refractivity contribution in [2.24, 2.45) is 7.05 Å². The molecule has 1 saturated heterocycles. The molecule has 1 aromatic heterocycles. The van der Waals surface area contributed by atoms with E-state index >= 15 is 0 Å². The van der Waals surface area contributed by atoms with Crippen LogP contribution in [0.4, 0.5) is 4.79 Å². The predicted octanol–water partition coefficient (Wildman–Crippen LogP) is 3.66. The highest BCUT2D eigenvalue weighted by Gasteiger charge is 2.40.